The zero-order chi connectivity index (χ0) is 11.6. The Bertz CT molecular complexity index is 589. The molecule has 0 amide bonds. The van der Waals surface area contributed by atoms with Gasteiger partial charge in [-0.25, -0.2) is 8.42 Å². The van der Waals surface area contributed by atoms with Crippen molar-refractivity contribution in [1.82, 2.24) is 0 Å². The van der Waals surface area contributed by atoms with E-state index in [4.69, 9.17) is 0 Å². The Kier molecular flexibility index (Phi) is 2.66. The molecular weight excluding hydrogens is 224 g/mol. The van der Waals surface area contributed by atoms with Crippen LogP contribution in [0.2, 0.25) is 0 Å². The van der Waals surface area contributed by atoms with Crippen LogP contribution in [-0.4, -0.2) is 8.42 Å². The van der Waals surface area contributed by atoms with Crippen molar-refractivity contribution in [2.24, 2.45) is 0 Å². The lowest BCUT2D eigenvalue weighted by Gasteiger charge is -2.03. The monoisotopic (exact) mass is 232 g/mol. The van der Waals surface area contributed by atoms with Gasteiger partial charge in [0.15, 0.2) is 5.75 Å². The number of hydrogen-bond donors (Lipinski definition) is 0. The van der Waals surface area contributed by atoms with E-state index < -0.39 is 15.6 Å². The molecule has 2 rings (SSSR count). The molecule has 0 spiro atoms. The van der Waals surface area contributed by atoms with Gasteiger partial charge in [0.1, 0.15) is 4.90 Å². The van der Waals surface area contributed by atoms with Crippen molar-refractivity contribution in [3.63, 3.8) is 0 Å². The molecule has 0 unspecified atom stereocenters. The molecule has 0 atom stereocenters. The van der Waals surface area contributed by atoms with E-state index >= 15 is 0 Å². The standard InChI is InChI=1S/C12H8O3S/c13-11-8-4-5-9-12(11)16(14,15)10-6-2-1-3-7-10/h1-6,8-9H. The van der Waals surface area contributed by atoms with E-state index in [9.17, 15) is 13.5 Å². The Morgan fingerprint density at radius 1 is 0.938 bits per heavy atom. The molecule has 0 saturated carbocycles. The third-order valence-electron chi connectivity index (χ3n) is 2.11. The largest absolute Gasteiger partial charge is 0.288 e. The van der Waals surface area contributed by atoms with Gasteiger partial charge in [0.05, 0.1) is 4.90 Å². The van der Waals surface area contributed by atoms with Gasteiger partial charge in [0, 0.05) is 6.07 Å². The molecule has 3 nitrogen and oxygen atoms in total. The minimum Gasteiger partial charge on any atom is -0.288 e. The zero-order valence-electron chi connectivity index (χ0n) is 8.25. The predicted octanol–water partition coefficient (Wildman–Crippen LogP) is 2.46. The Hall–Kier alpha value is -1.81. The molecule has 16 heavy (non-hydrogen) atoms. The average Bonchev–Trinajstić information content (AvgIpc) is 2.30. The Morgan fingerprint density at radius 3 is 2.25 bits per heavy atom. The smallest absolute Gasteiger partial charge is 0.211 e. The second kappa shape index (κ2) is 3.98. The van der Waals surface area contributed by atoms with Crippen molar-refractivity contribution in [3.8, 4) is 5.75 Å². The zero-order valence-corrected chi connectivity index (χ0v) is 9.07. The molecule has 0 saturated heterocycles. The van der Waals surface area contributed by atoms with E-state index in [0.29, 0.717) is 0 Å². The van der Waals surface area contributed by atoms with Crippen LogP contribution in [0.15, 0.2) is 58.3 Å². The summed E-state index contributed by atoms with van der Waals surface area (Å²) < 4.78 is 24.0. The molecule has 0 N–H and O–H groups in total. The number of benzene rings is 2. The highest BCUT2D eigenvalue weighted by atomic mass is 32.2. The van der Waals surface area contributed by atoms with E-state index in [0.717, 1.165) is 0 Å². The molecule has 0 fully saturated rings. The summed E-state index contributed by atoms with van der Waals surface area (Å²) in [5.74, 6) is -0.500. The summed E-state index contributed by atoms with van der Waals surface area (Å²) in [6.45, 7) is 0. The van der Waals surface area contributed by atoms with Crippen molar-refractivity contribution in [2.75, 3.05) is 0 Å². The van der Waals surface area contributed by atoms with Crippen LogP contribution in [0.4, 0.5) is 0 Å². The first kappa shape index (κ1) is 10.7. The first-order chi connectivity index (χ1) is 7.62. The lowest BCUT2D eigenvalue weighted by atomic mass is 10.3. The van der Waals surface area contributed by atoms with Crippen LogP contribution in [-0.2, 0) is 14.9 Å². The molecule has 80 valence electrons. The molecular formula is C12H8O3S. The van der Waals surface area contributed by atoms with Crippen LogP contribution < -0.4 is 0 Å². The van der Waals surface area contributed by atoms with Gasteiger partial charge in [-0.05, 0) is 18.2 Å². The molecule has 4 heteroatoms. The van der Waals surface area contributed by atoms with Gasteiger partial charge in [-0.2, -0.15) is 0 Å². The molecule has 2 radical (unpaired) electrons. The molecule has 0 aliphatic carbocycles. The number of rotatable bonds is 2. The fourth-order valence-electron chi connectivity index (χ4n) is 1.33. The summed E-state index contributed by atoms with van der Waals surface area (Å²) in [7, 11) is -3.74. The predicted molar refractivity (Wildman–Crippen MR) is 57.3 cm³/mol. The summed E-state index contributed by atoms with van der Waals surface area (Å²) in [4.78, 5) is -0.198. The molecule has 2 aromatic rings. The van der Waals surface area contributed by atoms with Gasteiger partial charge in [-0.3, -0.25) is 5.11 Å². The van der Waals surface area contributed by atoms with E-state index in [1.54, 1.807) is 12.1 Å². The van der Waals surface area contributed by atoms with E-state index in [1.165, 1.54) is 36.4 Å². The Morgan fingerprint density at radius 2 is 1.62 bits per heavy atom. The van der Waals surface area contributed by atoms with Gasteiger partial charge in [0.2, 0.25) is 9.84 Å². The van der Waals surface area contributed by atoms with Gasteiger partial charge in [-0.15, -0.1) is 0 Å². The molecule has 0 aromatic heterocycles. The number of hydrogen-bond acceptors (Lipinski definition) is 2. The van der Waals surface area contributed by atoms with Crippen molar-refractivity contribution < 1.29 is 13.5 Å². The molecule has 0 heterocycles. The summed E-state index contributed by atoms with van der Waals surface area (Å²) in [6, 6.07) is 14.4. The normalized spacial score (nSPS) is 11.2. The van der Waals surface area contributed by atoms with Crippen LogP contribution in [0.1, 0.15) is 0 Å². The van der Waals surface area contributed by atoms with Gasteiger partial charge in [-0.1, -0.05) is 30.3 Å². The maximum absolute atomic E-state index is 12.0. The first-order valence-electron chi connectivity index (χ1n) is 4.60. The summed E-state index contributed by atoms with van der Waals surface area (Å²) >= 11 is 0. The molecule has 2 aromatic carbocycles. The van der Waals surface area contributed by atoms with Crippen LogP contribution in [0.3, 0.4) is 0 Å². The third kappa shape index (κ3) is 1.79. The molecule has 0 aliphatic heterocycles. The quantitative estimate of drug-likeness (QED) is 0.798. The van der Waals surface area contributed by atoms with Crippen molar-refractivity contribution >= 4 is 9.84 Å². The van der Waals surface area contributed by atoms with Crippen molar-refractivity contribution in [1.29, 1.82) is 0 Å². The second-order valence-electron chi connectivity index (χ2n) is 3.18. The Labute approximate surface area is 93.9 Å². The van der Waals surface area contributed by atoms with Gasteiger partial charge in [0.25, 0.3) is 0 Å². The van der Waals surface area contributed by atoms with Crippen LogP contribution >= 0.6 is 0 Å². The van der Waals surface area contributed by atoms with Crippen LogP contribution in [0, 0.1) is 6.07 Å². The highest BCUT2D eigenvalue weighted by molar-refractivity contribution is 7.91. The molecule has 0 aliphatic rings. The third-order valence-corrected chi connectivity index (χ3v) is 3.86. The SMILES string of the molecule is [O]c1ccccc1S(=O)(=O)c1[c]cccc1. The van der Waals surface area contributed by atoms with E-state index in [2.05, 4.69) is 6.07 Å². The van der Waals surface area contributed by atoms with E-state index in [-0.39, 0.29) is 9.79 Å². The van der Waals surface area contributed by atoms with Crippen LogP contribution in [0.25, 0.3) is 0 Å². The lowest BCUT2D eigenvalue weighted by Crippen LogP contribution is -2.01. The summed E-state index contributed by atoms with van der Waals surface area (Å²) in [5.41, 5.74) is 0. The first-order valence-corrected chi connectivity index (χ1v) is 6.08. The minimum absolute atomic E-state index is 0.0123. The highest BCUT2D eigenvalue weighted by Gasteiger charge is 2.21. The minimum atomic E-state index is -3.74. The maximum Gasteiger partial charge on any atom is 0.211 e. The summed E-state index contributed by atoms with van der Waals surface area (Å²) in [6.07, 6.45) is 0. The number of para-hydroxylation sites is 1. The average molecular weight is 232 g/mol. The fourth-order valence-corrected chi connectivity index (χ4v) is 2.64. The van der Waals surface area contributed by atoms with Crippen molar-refractivity contribution in [3.05, 3.63) is 54.6 Å². The fraction of sp³-hybridized carbons (Fsp3) is 0. The van der Waals surface area contributed by atoms with Crippen molar-refractivity contribution in [2.45, 2.75) is 9.79 Å². The van der Waals surface area contributed by atoms with Gasteiger partial charge < -0.3 is 0 Å². The van der Waals surface area contributed by atoms with Gasteiger partial charge >= 0.3 is 0 Å². The summed E-state index contributed by atoms with van der Waals surface area (Å²) in [5, 5.41) is 11.4. The molecule has 0 bridgehead atoms. The van der Waals surface area contributed by atoms with Crippen LogP contribution in [0.5, 0.6) is 5.75 Å². The Balaban J connectivity index is 2.62. The maximum atomic E-state index is 12.0. The highest BCUT2D eigenvalue weighted by Crippen LogP contribution is 2.27. The second-order valence-corrected chi connectivity index (χ2v) is 5.06. The van der Waals surface area contributed by atoms with E-state index in [1.807, 2.05) is 0 Å². The number of sulfone groups is 1. The lowest BCUT2D eigenvalue weighted by molar-refractivity contribution is 0.343. The topological polar surface area (TPSA) is 54.0 Å².